The van der Waals surface area contributed by atoms with E-state index in [-0.39, 0.29) is 5.41 Å². The number of rotatable bonds is 4. The second-order valence-electron chi connectivity index (χ2n) is 6.62. The van der Waals surface area contributed by atoms with E-state index >= 15 is 0 Å². The monoisotopic (exact) mass is 261 g/mol. The third-order valence-corrected chi connectivity index (χ3v) is 4.41. The minimum Gasteiger partial charge on any atom is -0.388 e. The van der Waals surface area contributed by atoms with Crippen molar-refractivity contribution >= 4 is 0 Å². The maximum atomic E-state index is 10.6. The summed E-state index contributed by atoms with van der Waals surface area (Å²) in [6, 6.07) is 10.7. The van der Waals surface area contributed by atoms with E-state index in [1.807, 2.05) is 30.3 Å². The van der Waals surface area contributed by atoms with Gasteiger partial charge < -0.3 is 10.0 Å². The lowest BCUT2D eigenvalue weighted by Gasteiger charge is -2.41. The van der Waals surface area contributed by atoms with Gasteiger partial charge in [-0.05, 0) is 31.9 Å². The lowest BCUT2D eigenvalue weighted by molar-refractivity contribution is 0.00367. The summed E-state index contributed by atoms with van der Waals surface area (Å²) in [5.74, 6) is 0. The van der Waals surface area contributed by atoms with Crippen LogP contribution in [0.4, 0.5) is 0 Å². The molecule has 1 aromatic carbocycles. The van der Waals surface area contributed by atoms with Crippen LogP contribution in [0.15, 0.2) is 30.3 Å². The number of nitrogens with zero attached hydrogens (tertiary/aromatic N) is 1. The topological polar surface area (TPSA) is 23.5 Å². The summed E-state index contributed by atoms with van der Waals surface area (Å²) in [7, 11) is 0. The Morgan fingerprint density at radius 1 is 1.26 bits per heavy atom. The second kappa shape index (κ2) is 6.06. The first-order chi connectivity index (χ1) is 9.00. The lowest BCUT2D eigenvalue weighted by atomic mass is 9.81. The minimum atomic E-state index is -0.400. The molecule has 1 N–H and O–H groups in total. The van der Waals surface area contributed by atoms with Gasteiger partial charge in [-0.15, -0.1) is 0 Å². The highest BCUT2D eigenvalue weighted by Crippen LogP contribution is 2.35. The van der Waals surface area contributed by atoms with Crippen LogP contribution in [0, 0.1) is 5.41 Å². The number of aliphatic hydroxyl groups is 1. The Labute approximate surface area is 117 Å². The van der Waals surface area contributed by atoms with E-state index in [1.165, 1.54) is 25.8 Å². The molecule has 2 rings (SSSR count). The number of likely N-dealkylation sites (tertiary alicyclic amines) is 1. The summed E-state index contributed by atoms with van der Waals surface area (Å²) in [4.78, 5) is 2.54. The zero-order valence-electron chi connectivity index (χ0n) is 12.5. The van der Waals surface area contributed by atoms with Gasteiger partial charge in [0.15, 0.2) is 0 Å². The molecule has 0 saturated carbocycles. The molecule has 2 heteroatoms. The van der Waals surface area contributed by atoms with Gasteiger partial charge in [0, 0.05) is 18.0 Å². The van der Waals surface area contributed by atoms with Crippen molar-refractivity contribution < 1.29 is 5.11 Å². The Bertz CT molecular complexity index is 388. The predicted molar refractivity (Wildman–Crippen MR) is 80.1 cm³/mol. The van der Waals surface area contributed by atoms with Gasteiger partial charge in [-0.1, -0.05) is 50.6 Å². The SMILES string of the molecule is CC1CCCCN1CC(C)(C)C(O)c1ccccc1. The predicted octanol–water partition coefficient (Wildman–Crippen LogP) is 3.62. The van der Waals surface area contributed by atoms with E-state index in [4.69, 9.17) is 0 Å². The number of piperidine rings is 1. The summed E-state index contributed by atoms with van der Waals surface area (Å²) in [6.45, 7) is 8.79. The van der Waals surface area contributed by atoms with Crippen molar-refractivity contribution in [3.05, 3.63) is 35.9 Å². The van der Waals surface area contributed by atoms with Crippen LogP contribution < -0.4 is 0 Å². The number of aliphatic hydroxyl groups excluding tert-OH is 1. The fourth-order valence-electron chi connectivity index (χ4n) is 3.09. The molecule has 0 amide bonds. The Morgan fingerprint density at radius 3 is 2.58 bits per heavy atom. The van der Waals surface area contributed by atoms with Crippen molar-refractivity contribution in [2.75, 3.05) is 13.1 Å². The molecule has 2 unspecified atom stereocenters. The Morgan fingerprint density at radius 2 is 1.95 bits per heavy atom. The molecule has 0 bridgehead atoms. The van der Waals surface area contributed by atoms with E-state index in [0.29, 0.717) is 6.04 Å². The molecular formula is C17H27NO. The molecular weight excluding hydrogens is 234 g/mol. The van der Waals surface area contributed by atoms with Gasteiger partial charge in [0.2, 0.25) is 0 Å². The van der Waals surface area contributed by atoms with E-state index < -0.39 is 6.10 Å². The largest absolute Gasteiger partial charge is 0.388 e. The van der Waals surface area contributed by atoms with E-state index in [1.54, 1.807) is 0 Å². The normalized spacial score (nSPS) is 23.3. The summed E-state index contributed by atoms with van der Waals surface area (Å²) < 4.78 is 0. The average molecular weight is 261 g/mol. The highest BCUT2D eigenvalue weighted by Gasteiger charge is 2.33. The van der Waals surface area contributed by atoms with Crippen molar-refractivity contribution in [1.82, 2.24) is 4.90 Å². The van der Waals surface area contributed by atoms with Crippen molar-refractivity contribution in [2.24, 2.45) is 5.41 Å². The van der Waals surface area contributed by atoms with Crippen LogP contribution in [0.3, 0.4) is 0 Å². The average Bonchev–Trinajstić information content (AvgIpc) is 2.41. The maximum Gasteiger partial charge on any atom is 0.0853 e. The van der Waals surface area contributed by atoms with Gasteiger partial charge in [0.05, 0.1) is 6.10 Å². The van der Waals surface area contributed by atoms with E-state index in [0.717, 1.165) is 12.1 Å². The molecule has 1 heterocycles. The fourth-order valence-corrected chi connectivity index (χ4v) is 3.09. The number of benzene rings is 1. The third-order valence-electron chi connectivity index (χ3n) is 4.41. The number of hydrogen-bond acceptors (Lipinski definition) is 2. The first kappa shape index (κ1) is 14.5. The fraction of sp³-hybridized carbons (Fsp3) is 0.647. The van der Waals surface area contributed by atoms with Crippen LogP contribution in [0.2, 0.25) is 0 Å². The highest BCUT2D eigenvalue weighted by atomic mass is 16.3. The van der Waals surface area contributed by atoms with Crippen LogP contribution in [0.25, 0.3) is 0 Å². The van der Waals surface area contributed by atoms with Crippen LogP contribution in [0.5, 0.6) is 0 Å². The van der Waals surface area contributed by atoms with Gasteiger partial charge in [0.25, 0.3) is 0 Å². The van der Waals surface area contributed by atoms with Gasteiger partial charge in [-0.2, -0.15) is 0 Å². The summed E-state index contributed by atoms with van der Waals surface area (Å²) >= 11 is 0. The molecule has 0 aliphatic carbocycles. The zero-order chi connectivity index (χ0) is 13.9. The first-order valence-electron chi connectivity index (χ1n) is 7.48. The molecule has 106 valence electrons. The molecule has 1 aliphatic heterocycles. The Kier molecular flexibility index (Phi) is 4.64. The molecule has 2 nitrogen and oxygen atoms in total. The van der Waals surface area contributed by atoms with Crippen LogP contribution in [-0.4, -0.2) is 29.1 Å². The molecule has 0 radical (unpaired) electrons. The van der Waals surface area contributed by atoms with Gasteiger partial charge in [-0.25, -0.2) is 0 Å². The third kappa shape index (κ3) is 3.58. The molecule has 1 fully saturated rings. The molecule has 1 saturated heterocycles. The van der Waals surface area contributed by atoms with Crippen molar-refractivity contribution in [3.8, 4) is 0 Å². The van der Waals surface area contributed by atoms with Crippen molar-refractivity contribution in [1.29, 1.82) is 0 Å². The van der Waals surface area contributed by atoms with E-state index in [2.05, 4.69) is 25.7 Å². The van der Waals surface area contributed by atoms with Gasteiger partial charge >= 0.3 is 0 Å². The molecule has 19 heavy (non-hydrogen) atoms. The zero-order valence-corrected chi connectivity index (χ0v) is 12.5. The minimum absolute atomic E-state index is 0.118. The first-order valence-corrected chi connectivity index (χ1v) is 7.48. The molecule has 0 spiro atoms. The van der Waals surface area contributed by atoms with Crippen LogP contribution in [0.1, 0.15) is 51.7 Å². The van der Waals surface area contributed by atoms with Gasteiger partial charge in [-0.3, -0.25) is 0 Å². The number of hydrogen-bond donors (Lipinski definition) is 1. The summed E-state index contributed by atoms with van der Waals surface area (Å²) in [5.41, 5.74) is 0.907. The molecule has 1 aliphatic rings. The summed E-state index contributed by atoms with van der Waals surface area (Å²) in [6.07, 6.45) is 3.53. The van der Waals surface area contributed by atoms with Crippen LogP contribution in [-0.2, 0) is 0 Å². The molecule has 1 aromatic rings. The smallest absolute Gasteiger partial charge is 0.0853 e. The molecule has 0 aromatic heterocycles. The van der Waals surface area contributed by atoms with Crippen LogP contribution >= 0.6 is 0 Å². The van der Waals surface area contributed by atoms with Crippen molar-refractivity contribution in [2.45, 2.75) is 52.2 Å². The Balaban J connectivity index is 2.04. The van der Waals surface area contributed by atoms with Crippen molar-refractivity contribution in [3.63, 3.8) is 0 Å². The highest BCUT2D eigenvalue weighted by molar-refractivity contribution is 5.19. The lowest BCUT2D eigenvalue weighted by Crippen LogP contribution is -2.45. The standard InChI is InChI=1S/C17H27NO/c1-14-9-7-8-12-18(14)13-17(2,3)16(19)15-10-5-4-6-11-15/h4-6,10-11,14,16,19H,7-9,12-13H2,1-3H3. The van der Waals surface area contributed by atoms with Gasteiger partial charge in [0.1, 0.15) is 0 Å². The summed E-state index contributed by atoms with van der Waals surface area (Å²) in [5, 5.41) is 10.6. The Hall–Kier alpha value is -0.860. The quantitative estimate of drug-likeness (QED) is 0.895. The second-order valence-corrected chi connectivity index (χ2v) is 6.62. The maximum absolute atomic E-state index is 10.6. The van der Waals surface area contributed by atoms with E-state index in [9.17, 15) is 5.11 Å². The molecule has 2 atom stereocenters.